The summed E-state index contributed by atoms with van der Waals surface area (Å²) in [6, 6.07) is 14.3. The zero-order chi connectivity index (χ0) is 20.9. The molecule has 2 fully saturated rings. The van der Waals surface area contributed by atoms with E-state index in [1.165, 1.54) is 0 Å². The third kappa shape index (κ3) is 2.65. The topological polar surface area (TPSA) is 59.0 Å². The predicted octanol–water partition coefficient (Wildman–Crippen LogP) is 3.61. The van der Waals surface area contributed by atoms with E-state index in [1.807, 2.05) is 24.3 Å². The zero-order valence-electron chi connectivity index (χ0n) is 17.7. The Balaban J connectivity index is 1.68. The van der Waals surface area contributed by atoms with Crippen LogP contribution in [-0.4, -0.2) is 48.1 Å². The molecule has 5 rings (SSSR count). The van der Waals surface area contributed by atoms with E-state index in [9.17, 15) is 9.90 Å². The molecule has 1 unspecified atom stereocenters. The molecule has 5 nitrogen and oxygen atoms in total. The van der Waals surface area contributed by atoms with Gasteiger partial charge in [-0.05, 0) is 50.0 Å². The van der Waals surface area contributed by atoms with Gasteiger partial charge in [0, 0.05) is 29.9 Å². The highest BCUT2D eigenvalue weighted by Crippen LogP contribution is 2.61. The molecule has 1 N–H and O–H groups in total. The quantitative estimate of drug-likeness (QED) is 0.839. The van der Waals surface area contributed by atoms with Crippen LogP contribution in [-0.2, 0) is 28.0 Å². The van der Waals surface area contributed by atoms with Crippen LogP contribution in [0.4, 0.5) is 0 Å². The lowest BCUT2D eigenvalue weighted by molar-refractivity contribution is -0.202. The minimum Gasteiger partial charge on any atom is -0.504 e. The van der Waals surface area contributed by atoms with Crippen LogP contribution >= 0.6 is 0 Å². The number of hydrogen-bond donors (Lipinski definition) is 1. The number of aromatic hydroxyl groups is 1. The van der Waals surface area contributed by atoms with E-state index in [0.29, 0.717) is 31.6 Å². The van der Waals surface area contributed by atoms with Crippen LogP contribution in [0.15, 0.2) is 42.5 Å². The Hall–Kier alpha value is -2.37. The molecule has 0 aromatic heterocycles. The summed E-state index contributed by atoms with van der Waals surface area (Å²) in [5.41, 5.74) is 2.08. The number of nitrogens with zero attached hydrogens (tertiary/aromatic N) is 1. The Kier molecular flexibility index (Phi) is 4.64. The molecule has 158 valence electrons. The lowest BCUT2D eigenvalue weighted by Gasteiger charge is -2.64. The normalized spacial score (nSPS) is 30.5. The largest absolute Gasteiger partial charge is 0.504 e. The van der Waals surface area contributed by atoms with Crippen molar-refractivity contribution in [1.82, 2.24) is 4.90 Å². The van der Waals surface area contributed by atoms with Gasteiger partial charge in [0.2, 0.25) is 0 Å². The van der Waals surface area contributed by atoms with E-state index in [1.54, 1.807) is 7.11 Å². The summed E-state index contributed by atoms with van der Waals surface area (Å²) in [6.07, 6.45) is 3.22. The van der Waals surface area contributed by atoms with Gasteiger partial charge < -0.3 is 19.5 Å². The fraction of sp³-hybridized carbons (Fsp3) is 0.480. The predicted molar refractivity (Wildman–Crippen MR) is 114 cm³/mol. The zero-order valence-corrected chi connectivity index (χ0v) is 17.7. The molecule has 2 aromatic carbocycles. The molecule has 3 atom stereocenters. The number of ether oxygens (including phenoxy) is 2. The number of benzene rings is 2. The minimum absolute atomic E-state index is 0.170. The molecule has 0 radical (unpaired) electrons. The number of fused-ring (bicyclic) bond motifs is 1. The van der Waals surface area contributed by atoms with Gasteiger partial charge in [0.25, 0.3) is 0 Å². The average Bonchev–Trinajstić information content (AvgIpc) is 2.76. The van der Waals surface area contributed by atoms with E-state index in [-0.39, 0.29) is 17.6 Å². The molecule has 1 aliphatic heterocycles. The number of ketones is 1. The Morgan fingerprint density at radius 3 is 2.73 bits per heavy atom. The molecular weight excluding hydrogens is 378 g/mol. The molecule has 0 amide bonds. The average molecular weight is 408 g/mol. The van der Waals surface area contributed by atoms with Crippen LogP contribution in [0.2, 0.25) is 0 Å². The number of phenols is 1. The number of phenolic OH excluding ortho intramolecular Hbond substituents is 1. The third-order valence-corrected chi connectivity index (χ3v) is 7.72. The van der Waals surface area contributed by atoms with Crippen LogP contribution in [0.5, 0.6) is 11.5 Å². The van der Waals surface area contributed by atoms with Gasteiger partial charge in [-0.3, -0.25) is 4.79 Å². The monoisotopic (exact) mass is 407 g/mol. The maximum atomic E-state index is 12.8. The molecule has 3 aliphatic rings. The second-order valence-corrected chi connectivity index (χ2v) is 9.06. The Morgan fingerprint density at radius 2 is 1.97 bits per heavy atom. The van der Waals surface area contributed by atoms with Crippen molar-refractivity contribution in [2.24, 2.45) is 0 Å². The van der Waals surface area contributed by atoms with Crippen molar-refractivity contribution in [3.8, 4) is 11.5 Å². The molecule has 2 bridgehead atoms. The number of likely N-dealkylation sites (N-methyl/N-ethyl adjacent to an activating group) is 1. The second-order valence-electron chi connectivity index (χ2n) is 9.06. The first-order valence-electron chi connectivity index (χ1n) is 10.8. The fourth-order valence-corrected chi connectivity index (χ4v) is 6.33. The smallest absolute Gasteiger partial charge is 0.161 e. The van der Waals surface area contributed by atoms with Crippen molar-refractivity contribution < 1.29 is 19.4 Å². The van der Waals surface area contributed by atoms with Gasteiger partial charge in [-0.15, -0.1) is 0 Å². The number of piperidine rings is 1. The van der Waals surface area contributed by atoms with Crippen LogP contribution in [0.3, 0.4) is 0 Å². The van der Waals surface area contributed by atoms with Crippen LogP contribution in [0.25, 0.3) is 0 Å². The first kappa shape index (κ1) is 19.6. The molecule has 2 aliphatic carbocycles. The van der Waals surface area contributed by atoms with Gasteiger partial charge in [-0.25, -0.2) is 0 Å². The maximum absolute atomic E-state index is 12.8. The number of Topliss-reactive ketones (excluding diaryl/α,β-unsaturated/α-hetero) is 1. The molecule has 1 saturated heterocycles. The van der Waals surface area contributed by atoms with E-state index >= 15 is 0 Å². The van der Waals surface area contributed by atoms with Crippen molar-refractivity contribution in [2.45, 2.75) is 55.8 Å². The Morgan fingerprint density at radius 1 is 1.17 bits per heavy atom. The number of carbonyl (C=O) groups excluding carboxylic acids is 1. The molecule has 1 saturated carbocycles. The van der Waals surface area contributed by atoms with Crippen LogP contribution < -0.4 is 4.74 Å². The summed E-state index contributed by atoms with van der Waals surface area (Å²) in [6.45, 7) is 1.38. The minimum atomic E-state index is -0.527. The van der Waals surface area contributed by atoms with E-state index in [2.05, 4.69) is 30.1 Å². The summed E-state index contributed by atoms with van der Waals surface area (Å²) in [5.74, 6) is 0.906. The summed E-state index contributed by atoms with van der Waals surface area (Å²) in [4.78, 5) is 15.2. The summed E-state index contributed by atoms with van der Waals surface area (Å²) in [7, 11) is 3.73. The molecule has 2 aromatic rings. The van der Waals surface area contributed by atoms with Crippen molar-refractivity contribution in [3.63, 3.8) is 0 Å². The van der Waals surface area contributed by atoms with Crippen molar-refractivity contribution in [1.29, 1.82) is 0 Å². The highest BCUT2D eigenvalue weighted by molar-refractivity contribution is 5.83. The fourth-order valence-electron chi connectivity index (χ4n) is 6.33. The molecule has 30 heavy (non-hydrogen) atoms. The molecule has 5 heteroatoms. The number of hydrogen-bond acceptors (Lipinski definition) is 5. The summed E-state index contributed by atoms with van der Waals surface area (Å²) >= 11 is 0. The lowest BCUT2D eigenvalue weighted by Crippen LogP contribution is -2.73. The van der Waals surface area contributed by atoms with E-state index in [0.717, 1.165) is 36.1 Å². The second kappa shape index (κ2) is 7.10. The van der Waals surface area contributed by atoms with Gasteiger partial charge in [0.15, 0.2) is 11.5 Å². The van der Waals surface area contributed by atoms with Gasteiger partial charge >= 0.3 is 0 Å². The van der Waals surface area contributed by atoms with Crippen LogP contribution in [0, 0.1) is 0 Å². The highest BCUT2D eigenvalue weighted by Gasteiger charge is 2.66. The van der Waals surface area contributed by atoms with Gasteiger partial charge in [-0.1, -0.05) is 36.4 Å². The van der Waals surface area contributed by atoms with E-state index < -0.39 is 11.0 Å². The third-order valence-electron chi connectivity index (χ3n) is 7.72. The Labute approximate surface area is 177 Å². The van der Waals surface area contributed by atoms with Crippen molar-refractivity contribution in [3.05, 3.63) is 59.2 Å². The number of rotatable bonds is 4. The molecule has 1 heterocycles. The number of likely N-dealkylation sites (tertiary alicyclic amines) is 1. The molecular formula is C25H29NO4. The van der Waals surface area contributed by atoms with Gasteiger partial charge in [0.1, 0.15) is 5.78 Å². The summed E-state index contributed by atoms with van der Waals surface area (Å²) < 4.78 is 12.3. The number of carbonyl (C=O) groups is 1. The van der Waals surface area contributed by atoms with Crippen molar-refractivity contribution >= 4 is 5.78 Å². The number of methoxy groups -OCH3 is 1. The van der Waals surface area contributed by atoms with Gasteiger partial charge in [-0.2, -0.15) is 0 Å². The van der Waals surface area contributed by atoms with Gasteiger partial charge in [0.05, 0.1) is 19.3 Å². The highest BCUT2D eigenvalue weighted by atomic mass is 16.5. The SMILES string of the molecule is COc1ccc2c(c1O)[C@]13CCN(C)C(C2)[C@]1(OCc1ccccc1)CCC(=O)C3. The lowest BCUT2D eigenvalue weighted by atomic mass is 9.49. The Bertz CT molecular complexity index is 975. The van der Waals surface area contributed by atoms with E-state index in [4.69, 9.17) is 9.47 Å². The first-order chi connectivity index (χ1) is 14.5. The van der Waals surface area contributed by atoms with Crippen molar-refractivity contribution in [2.75, 3.05) is 20.7 Å². The maximum Gasteiger partial charge on any atom is 0.161 e. The molecule has 0 spiro atoms. The first-order valence-corrected chi connectivity index (χ1v) is 10.8. The summed E-state index contributed by atoms with van der Waals surface area (Å²) in [5, 5.41) is 11.2. The standard InChI is InChI=1S/C25H29NO4/c1-26-13-12-24-15-19(27)10-11-25(24,30-16-17-6-4-3-5-7-17)21(26)14-18-8-9-20(29-2)23(28)22(18)24/h3-9,21,28H,10-16H2,1-2H3/t21?,24-,25-/m1/s1. The van der Waals surface area contributed by atoms with Crippen LogP contribution in [0.1, 0.15) is 42.4 Å².